The van der Waals surface area contributed by atoms with Gasteiger partial charge in [0.25, 0.3) is 0 Å². The summed E-state index contributed by atoms with van der Waals surface area (Å²) in [4.78, 5) is 0. The summed E-state index contributed by atoms with van der Waals surface area (Å²) >= 11 is 0. The molecule has 0 aliphatic rings. The molecule has 0 unspecified atom stereocenters. The molecule has 12 rings (SSSR count). The maximum atomic E-state index is 6.97. The van der Waals surface area contributed by atoms with E-state index in [1.807, 2.05) is 0 Å². The fraction of sp³-hybridized carbons (Fsp3) is 0. The summed E-state index contributed by atoms with van der Waals surface area (Å²) in [5, 5.41) is 10.1. The first-order chi connectivity index (χ1) is 32.1. The van der Waals surface area contributed by atoms with Crippen molar-refractivity contribution in [3.8, 4) is 50.2 Å². The van der Waals surface area contributed by atoms with E-state index < -0.39 is 0 Å². The first kappa shape index (κ1) is 40.4. The Balaban J connectivity index is 1.14. The zero-order valence-corrected chi connectivity index (χ0v) is 38.9. The summed E-state index contributed by atoms with van der Waals surface area (Å²) in [7, 11) is 18.6. The minimum absolute atomic E-state index is 0.890. The molecule has 302 valence electrons. The number of furan rings is 1. The van der Waals surface area contributed by atoms with Crippen molar-refractivity contribution >= 4 is 172 Å². The topological polar surface area (TPSA) is 18.1 Å². The molecular weight excluding hydrogens is 789 g/mol. The highest BCUT2D eigenvalue weighted by Crippen LogP contribution is 2.46. The van der Waals surface area contributed by atoms with E-state index in [2.05, 4.69) is 231 Å². The summed E-state index contributed by atoms with van der Waals surface area (Å²) in [6.45, 7) is 0. The second kappa shape index (κ2) is 15.2. The van der Waals surface area contributed by atoms with E-state index in [4.69, 9.17) is 4.42 Å². The van der Waals surface area contributed by atoms with Crippen molar-refractivity contribution in [2.75, 3.05) is 0 Å². The van der Waals surface area contributed by atoms with Crippen molar-refractivity contribution in [2.24, 2.45) is 0 Å². The highest BCUT2D eigenvalue weighted by Gasteiger charge is 2.27. The molecule has 10 aromatic carbocycles. The van der Waals surface area contributed by atoms with Gasteiger partial charge in [-0.1, -0.05) is 137 Å². The van der Waals surface area contributed by atoms with Gasteiger partial charge < -0.3 is 8.98 Å². The predicted molar refractivity (Wildman–Crippen MR) is 310 cm³/mol. The summed E-state index contributed by atoms with van der Waals surface area (Å²) in [6.07, 6.45) is 0. The van der Waals surface area contributed by atoms with Crippen molar-refractivity contribution in [1.82, 2.24) is 4.57 Å². The Morgan fingerprint density at radius 2 is 0.803 bits per heavy atom. The van der Waals surface area contributed by atoms with E-state index in [1.165, 1.54) is 120 Å². The molecule has 0 atom stereocenters. The molecular formula is C56H43B8NO. The molecule has 2 heterocycles. The number of aromatic nitrogens is 1. The van der Waals surface area contributed by atoms with Crippen LogP contribution in [0.15, 0.2) is 168 Å². The van der Waals surface area contributed by atoms with E-state index >= 15 is 0 Å². The van der Waals surface area contributed by atoms with Gasteiger partial charge in [0.05, 0.1) is 11.0 Å². The first-order valence-electron chi connectivity index (χ1n) is 23.3. The molecule has 0 aliphatic heterocycles. The molecule has 66 heavy (non-hydrogen) atoms. The van der Waals surface area contributed by atoms with Crippen molar-refractivity contribution in [3.05, 3.63) is 164 Å². The zero-order valence-electron chi connectivity index (χ0n) is 38.9. The van der Waals surface area contributed by atoms with Gasteiger partial charge >= 0.3 is 0 Å². The third kappa shape index (κ3) is 5.86. The van der Waals surface area contributed by atoms with Crippen LogP contribution in [0.5, 0.6) is 0 Å². The van der Waals surface area contributed by atoms with Gasteiger partial charge in [0.1, 0.15) is 73.9 Å². The molecule has 0 aliphatic carbocycles. The van der Waals surface area contributed by atoms with E-state index in [0.717, 1.165) is 38.8 Å². The van der Waals surface area contributed by atoms with Crippen LogP contribution in [0.3, 0.4) is 0 Å². The van der Waals surface area contributed by atoms with Crippen LogP contribution in [0.25, 0.3) is 115 Å². The number of hydrogen-bond acceptors (Lipinski definition) is 1. The summed E-state index contributed by atoms with van der Waals surface area (Å²) in [6, 6.07) is 59.9. The molecule has 12 aromatic rings. The van der Waals surface area contributed by atoms with Crippen molar-refractivity contribution in [1.29, 1.82) is 0 Å². The normalized spacial score (nSPS) is 11.8. The smallest absolute Gasteiger partial charge is 0.139 e. The van der Waals surface area contributed by atoms with Gasteiger partial charge in [0.2, 0.25) is 0 Å². The number of hydrogen-bond donors (Lipinski definition) is 0. The average Bonchev–Trinajstić information content (AvgIpc) is 3.91. The van der Waals surface area contributed by atoms with E-state index in [-0.39, 0.29) is 0 Å². The lowest BCUT2D eigenvalue weighted by Gasteiger charge is -2.28. The molecule has 0 bridgehead atoms. The Kier molecular flexibility index (Phi) is 9.30. The Hall–Kier alpha value is -7.16. The van der Waals surface area contributed by atoms with E-state index in [1.54, 1.807) is 0 Å². The van der Waals surface area contributed by atoms with Crippen LogP contribution in [0, 0.1) is 0 Å². The van der Waals surface area contributed by atoms with Gasteiger partial charge in [-0.3, -0.25) is 0 Å². The quantitative estimate of drug-likeness (QED) is 0.191. The second-order valence-electron chi connectivity index (χ2n) is 18.6. The van der Waals surface area contributed by atoms with Crippen LogP contribution in [0.1, 0.15) is 0 Å². The van der Waals surface area contributed by atoms with Gasteiger partial charge in [0.15, 0.2) is 0 Å². The van der Waals surface area contributed by atoms with Crippen LogP contribution >= 0.6 is 0 Å². The first-order valence-corrected chi connectivity index (χ1v) is 23.3. The van der Waals surface area contributed by atoms with Crippen LogP contribution in [-0.4, -0.2) is 67.3 Å². The van der Waals surface area contributed by atoms with Crippen LogP contribution in [0.2, 0.25) is 0 Å². The summed E-state index contributed by atoms with van der Waals surface area (Å²) in [5.41, 5.74) is 25.9. The van der Waals surface area contributed by atoms with E-state index in [9.17, 15) is 0 Å². The molecule has 0 N–H and O–H groups in total. The van der Waals surface area contributed by atoms with Gasteiger partial charge in [0, 0.05) is 27.2 Å². The van der Waals surface area contributed by atoms with Crippen molar-refractivity contribution < 1.29 is 4.42 Å². The Morgan fingerprint density at radius 1 is 0.303 bits per heavy atom. The number of rotatable bonds is 5. The highest BCUT2D eigenvalue weighted by molar-refractivity contribution is 6.71. The van der Waals surface area contributed by atoms with Gasteiger partial charge in [-0.2, -0.15) is 0 Å². The molecule has 0 amide bonds. The second-order valence-corrected chi connectivity index (χ2v) is 18.6. The van der Waals surface area contributed by atoms with Gasteiger partial charge in [-0.15, -0.1) is 21.9 Å². The third-order valence-electron chi connectivity index (χ3n) is 15.4. The van der Waals surface area contributed by atoms with Crippen LogP contribution in [-0.2, 0) is 0 Å². The lowest BCUT2D eigenvalue weighted by molar-refractivity contribution is 0.669. The summed E-state index contributed by atoms with van der Waals surface area (Å²) < 4.78 is 9.35. The minimum Gasteiger partial charge on any atom is -0.456 e. The Morgan fingerprint density at radius 3 is 1.47 bits per heavy atom. The monoisotopic (exact) mass is 833 g/mol. The molecule has 0 saturated heterocycles. The number of fused-ring (bicyclic) bond motifs is 8. The third-order valence-corrected chi connectivity index (χ3v) is 15.4. The lowest BCUT2D eigenvalue weighted by Crippen LogP contribution is -2.50. The molecule has 0 spiro atoms. The van der Waals surface area contributed by atoms with Crippen molar-refractivity contribution in [2.45, 2.75) is 0 Å². The van der Waals surface area contributed by atoms with Crippen LogP contribution in [0.4, 0.5) is 0 Å². The van der Waals surface area contributed by atoms with Gasteiger partial charge in [-0.05, 0) is 115 Å². The SMILES string of the molecule is Bc1c(B)c(B)c2c(-c3cccc4oc5cc(-c6ccc7c8ccccc8n(-c8ccccc8)c7c6)ccc5c34)c3c(B)c(B)c(B)c(B)c3c(-c3cccc(-c4ccccc4)c3)c2c1B. The fourth-order valence-electron chi connectivity index (χ4n) is 11.4. The van der Waals surface area contributed by atoms with Crippen molar-refractivity contribution in [3.63, 3.8) is 0 Å². The number of para-hydroxylation sites is 2. The molecule has 2 aromatic heterocycles. The number of nitrogens with zero attached hydrogens (tertiary/aromatic N) is 1. The fourth-order valence-corrected chi connectivity index (χ4v) is 11.4. The zero-order chi connectivity index (χ0) is 45.1. The van der Waals surface area contributed by atoms with E-state index in [0.29, 0.717) is 0 Å². The Bertz CT molecular complexity index is 3950. The molecule has 2 nitrogen and oxygen atoms in total. The Labute approximate surface area is 392 Å². The van der Waals surface area contributed by atoms with Gasteiger partial charge in [-0.25, -0.2) is 0 Å². The highest BCUT2D eigenvalue weighted by atomic mass is 16.3. The standard InChI is InChI=1S/C56H43B8NO/c57-49-45-42(32-14-9-13-29(25-32)28-11-3-1-4-12-28)46-48(52(60)56(64)54(62)50(46)58)44(47(45)51(59)55(63)53(49)61)37-18-10-20-40-43(37)36-24-22-31(27-41(36)66-40)30-21-23-35-34-17-7-8-19-38(34)65(39(35)26-30)33-15-5-2-6-16-33/h1-27H,57-64H2. The maximum absolute atomic E-state index is 6.97. The lowest BCUT2D eigenvalue weighted by atomic mass is 9.59. The van der Waals surface area contributed by atoms with Crippen LogP contribution < -0.4 is 43.7 Å². The molecule has 0 saturated carbocycles. The average molecular weight is 832 g/mol. The largest absolute Gasteiger partial charge is 0.456 e. The predicted octanol–water partition coefficient (Wildman–Crippen LogP) is 1.72. The molecule has 0 fully saturated rings. The molecule has 0 radical (unpaired) electrons. The summed E-state index contributed by atoms with van der Waals surface area (Å²) in [5.74, 6) is 0. The minimum atomic E-state index is 0.890. The maximum Gasteiger partial charge on any atom is 0.139 e. The number of benzene rings is 10. The molecule has 10 heteroatoms.